The van der Waals surface area contributed by atoms with Crippen molar-refractivity contribution in [1.29, 1.82) is 0 Å². The Morgan fingerprint density at radius 3 is 2.80 bits per heavy atom. The van der Waals surface area contributed by atoms with Gasteiger partial charge < -0.3 is 5.32 Å². The second-order valence-corrected chi connectivity index (χ2v) is 7.82. The van der Waals surface area contributed by atoms with Crippen LogP contribution in [0, 0.1) is 11.8 Å². The summed E-state index contributed by atoms with van der Waals surface area (Å²) in [6.45, 7) is 4.65. The number of nitrogens with zero attached hydrogens (tertiary/aromatic N) is 3. The molecule has 1 aliphatic carbocycles. The largest absolute Gasteiger partial charge is 0.367 e. The summed E-state index contributed by atoms with van der Waals surface area (Å²) in [7, 11) is 0. The lowest BCUT2D eigenvalue weighted by molar-refractivity contribution is 0.102. The zero-order valence-corrected chi connectivity index (χ0v) is 15.6. The molecular formula is C18H25N5OS. The smallest absolute Gasteiger partial charge is 0.259 e. The van der Waals surface area contributed by atoms with Crippen LogP contribution >= 0.6 is 11.3 Å². The molecular weight excluding hydrogens is 334 g/mol. The first-order valence-electron chi connectivity index (χ1n) is 8.92. The van der Waals surface area contributed by atoms with Gasteiger partial charge in [-0.3, -0.25) is 10.1 Å². The maximum Gasteiger partial charge on any atom is 0.259 e. The first kappa shape index (κ1) is 17.8. The van der Waals surface area contributed by atoms with E-state index in [-0.39, 0.29) is 5.91 Å². The van der Waals surface area contributed by atoms with E-state index >= 15 is 0 Å². The van der Waals surface area contributed by atoms with E-state index in [1.54, 1.807) is 17.8 Å². The highest BCUT2D eigenvalue weighted by Crippen LogP contribution is 2.29. The van der Waals surface area contributed by atoms with Gasteiger partial charge in [-0.1, -0.05) is 38.0 Å². The normalized spacial score (nSPS) is 20.9. The van der Waals surface area contributed by atoms with Crippen LogP contribution in [0.2, 0.25) is 0 Å². The van der Waals surface area contributed by atoms with Gasteiger partial charge in [0, 0.05) is 12.2 Å². The van der Waals surface area contributed by atoms with Crippen LogP contribution in [0.1, 0.15) is 56.3 Å². The molecule has 2 heterocycles. The Hall–Kier alpha value is -2.02. The molecule has 0 radical (unpaired) electrons. The van der Waals surface area contributed by atoms with Crippen LogP contribution in [0.15, 0.2) is 23.8 Å². The molecule has 1 amide bonds. The van der Waals surface area contributed by atoms with Gasteiger partial charge in [0.15, 0.2) is 0 Å². The van der Waals surface area contributed by atoms with E-state index in [9.17, 15) is 4.79 Å². The van der Waals surface area contributed by atoms with Gasteiger partial charge in [0.2, 0.25) is 5.13 Å². The molecule has 3 rings (SSSR count). The van der Waals surface area contributed by atoms with Crippen molar-refractivity contribution < 1.29 is 4.79 Å². The van der Waals surface area contributed by atoms with Crippen LogP contribution in [0.3, 0.4) is 0 Å². The number of anilines is 2. The average molecular weight is 359 g/mol. The third-order valence-corrected chi connectivity index (χ3v) is 5.52. The predicted octanol–water partition coefficient (Wildman–Crippen LogP) is 4.20. The number of hydrogen-bond acceptors (Lipinski definition) is 6. The second-order valence-electron chi connectivity index (χ2n) is 6.98. The lowest BCUT2D eigenvalue weighted by Crippen LogP contribution is -2.20. The standard InChI is InChI=1S/C18H25N5OS/c1-12(2)13-4-3-5-15(8-6-13)21-16-9-7-14(10-19-16)17(24)22-18-23-20-11-25-18/h7,9-13,15H,3-6,8H2,1-2H3,(H,19,21)(H,22,23,24). The third-order valence-electron chi connectivity index (χ3n) is 4.91. The summed E-state index contributed by atoms with van der Waals surface area (Å²) in [6, 6.07) is 4.14. The van der Waals surface area contributed by atoms with E-state index in [0.717, 1.165) is 17.7 Å². The molecule has 2 aromatic heterocycles. The summed E-state index contributed by atoms with van der Waals surface area (Å²) >= 11 is 1.29. The van der Waals surface area contributed by atoms with Crippen molar-refractivity contribution in [3.05, 3.63) is 29.4 Å². The summed E-state index contributed by atoms with van der Waals surface area (Å²) < 4.78 is 0. The number of rotatable bonds is 5. The first-order valence-corrected chi connectivity index (χ1v) is 9.80. The van der Waals surface area contributed by atoms with Crippen LogP contribution in [0.5, 0.6) is 0 Å². The minimum atomic E-state index is -0.218. The van der Waals surface area contributed by atoms with Gasteiger partial charge in [-0.05, 0) is 43.2 Å². The molecule has 1 saturated carbocycles. The molecule has 1 aliphatic rings. The number of carbonyl (C=O) groups is 1. The van der Waals surface area contributed by atoms with Crippen molar-refractivity contribution >= 4 is 28.2 Å². The third kappa shape index (κ3) is 4.98. The molecule has 0 aliphatic heterocycles. The Kier molecular flexibility index (Phi) is 5.96. The Morgan fingerprint density at radius 1 is 1.24 bits per heavy atom. The van der Waals surface area contributed by atoms with Gasteiger partial charge in [0.1, 0.15) is 11.3 Å². The molecule has 0 spiro atoms. The van der Waals surface area contributed by atoms with Crippen molar-refractivity contribution in [3.8, 4) is 0 Å². The molecule has 1 fully saturated rings. The van der Waals surface area contributed by atoms with Crippen molar-refractivity contribution in [3.63, 3.8) is 0 Å². The first-order chi connectivity index (χ1) is 12.1. The summed E-state index contributed by atoms with van der Waals surface area (Å²) in [5.41, 5.74) is 2.10. The molecule has 2 unspecified atom stereocenters. The maximum absolute atomic E-state index is 12.1. The minimum Gasteiger partial charge on any atom is -0.367 e. The van der Waals surface area contributed by atoms with Crippen LogP contribution in [-0.4, -0.2) is 27.1 Å². The van der Waals surface area contributed by atoms with E-state index in [1.165, 1.54) is 43.4 Å². The number of hydrogen-bond donors (Lipinski definition) is 2. The molecule has 25 heavy (non-hydrogen) atoms. The van der Waals surface area contributed by atoms with Gasteiger partial charge in [0.25, 0.3) is 5.91 Å². The Balaban J connectivity index is 1.54. The fourth-order valence-corrected chi connectivity index (χ4v) is 3.80. The Bertz CT molecular complexity index is 671. The SMILES string of the molecule is CC(C)C1CCCC(Nc2ccc(C(=O)Nc3nncs3)cn2)CC1. The molecule has 2 atom stereocenters. The summed E-state index contributed by atoms with van der Waals surface area (Å²) in [5, 5.41) is 14.2. The molecule has 6 nitrogen and oxygen atoms in total. The van der Waals surface area contributed by atoms with Gasteiger partial charge in [-0.25, -0.2) is 4.98 Å². The second kappa shape index (κ2) is 8.38. The quantitative estimate of drug-likeness (QED) is 0.782. The van der Waals surface area contributed by atoms with Crippen molar-refractivity contribution in [1.82, 2.24) is 15.2 Å². The van der Waals surface area contributed by atoms with E-state index < -0.39 is 0 Å². The van der Waals surface area contributed by atoms with E-state index in [2.05, 4.69) is 39.7 Å². The topological polar surface area (TPSA) is 79.8 Å². The van der Waals surface area contributed by atoms with Crippen LogP contribution in [0.4, 0.5) is 10.9 Å². The van der Waals surface area contributed by atoms with Crippen LogP contribution < -0.4 is 10.6 Å². The molecule has 7 heteroatoms. The monoisotopic (exact) mass is 359 g/mol. The molecule has 134 valence electrons. The van der Waals surface area contributed by atoms with Gasteiger partial charge >= 0.3 is 0 Å². The van der Waals surface area contributed by atoms with Gasteiger partial charge in [-0.15, -0.1) is 10.2 Å². The van der Waals surface area contributed by atoms with E-state index in [1.807, 2.05) is 6.07 Å². The van der Waals surface area contributed by atoms with Gasteiger partial charge in [-0.2, -0.15) is 0 Å². The number of carbonyl (C=O) groups excluding carboxylic acids is 1. The van der Waals surface area contributed by atoms with Gasteiger partial charge in [0.05, 0.1) is 5.56 Å². The van der Waals surface area contributed by atoms with E-state index in [0.29, 0.717) is 16.7 Å². The maximum atomic E-state index is 12.1. The number of nitrogens with one attached hydrogen (secondary N) is 2. The molecule has 0 aromatic carbocycles. The highest BCUT2D eigenvalue weighted by Gasteiger charge is 2.21. The lowest BCUT2D eigenvalue weighted by atomic mass is 9.89. The number of amides is 1. The Labute approximate surface area is 152 Å². The lowest BCUT2D eigenvalue weighted by Gasteiger charge is -2.19. The molecule has 2 aromatic rings. The van der Waals surface area contributed by atoms with Crippen molar-refractivity contribution in [2.24, 2.45) is 11.8 Å². The zero-order chi connectivity index (χ0) is 17.6. The fraction of sp³-hybridized carbons (Fsp3) is 0.556. The zero-order valence-electron chi connectivity index (χ0n) is 14.7. The molecule has 0 saturated heterocycles. The average Bonchev–Trinajstić information content (AvgIpc) is 2.99. The highest BCUT2D eigenvalue weighted by atomic mass is 32.1. The predicted molar refractivity (Wildman–Crippen MR) is 101 cm³/mol. The highest BCUT2D eigenvalue weighted by molar-refractivity contribution is 7.13. The summed E-state index contributed by atoms with van der Waals surface area (Å²) in [4.78, 5) is 16.5. The number of aromatic nitrogens is 3. The molecule has 0 bridgehead atoms. The Morgan fingerprint density at radius 2 is 2.12 bits per heavy atom. The summed E-state index contributed by atoms with van der Waals surface area (Å²) in [5.74, 6) is 2.22. The molecule has 2 N–H and O–H groups in total. The van der Waals surface area contributed by atoms with Crippen LogP contribution in [-0.2, 0) is 0 Å². The minimum absolute atomic E-state index is 0.218. The fourth-order valence-electron chi connectivity index (χ4n) is 3.36. The van der Waals surface area contributed by atoms with E-state index in [4.69, 9.17) is 0 Å². The van der Waals surface area contributed by atoms with Crippen LogP contribution in [0.25, 0.3) is 0 Å². The number of pyridine rings is 1. The van der Waals surface area contributed by atoms with Crippen molar-refractivity contribution in [2.75, 3.05) is 10.6 Å². The van der Waals surface area contributed by atoms with Crippen molar-refractivity contribution in [2.45, 2.75) is 52.0 Å². The summed E-state index contributed by atoms with van der Waals surface area (Å²) in [6.07, 6.45) is 7.84.